The smallest absolute Gasteiger partial charge is 0.0783 e. The molecule has 0 saturated heterocycles. The molecule has 1 aromatic carbocycles. The molecule has 0 bridgehead atoms. The van der Waals surface area contributed by atoms with Crippen molar-refractivity contribution in [3.05, 3.63) is 66.8 Å². The van der Waals surface area contributed by atoms with Crippen LogP contribution in [0, 0.1) is 0 Å². The lowest BCUT2D eigenvalue weighted by atomic mass is 10.00. The molecule has 2 rings (SSSR count). The first-order chi connectivity index (χ1) is 8.76. The lowest BCUT2D eigenvalue weighted by molar-refractivity contribution is 1.26. The number of nitrogen functional groups attached to an aromatic ring is 1. The largest absolute Gasteiger partial charge is 0.398 e. The third kappa shape index (κ3) is 2.30. The van der Waals surface area contributed by atoms with Crippen LogP contribution >= 0.6 is 0 Å². The summed E-state index contributed by atoms with van der Waals surface area (Å²) in [5.41, 5.74) is 10.3. The Kier molecular flexibility index (Phi) is 3.53. The van der Waals surface area contributed by atoms with Crippen LogP contribution in [0.3, 0.4) is 0 Å². The predicted octanol–water partition coefficient (Wildman–Crippen LogP) is 3.12. The van der Waals surface area contributed by atoms with Crippen molar-refractivity contribution in [2.45, 2.75) is 6.42 Å². The van der Waals surface area contributed by atoms with Gasteiger partial charge < -0.3 is 5.73 Å². The third-order valence-corrected chi connectivity index (χ3v) is 2.75. The summed E-state index contributed by atoms with van der Waals surface area (Å²) in [7, 11) is 0. The zero-order chi connectivity index (χ0) is 13.0. The minimum Gasteiger partial charge on any atom is -0.398 e. The van der Waals surface area contributed by atoms with Crippen molar-refractivity contribution in [3.8, 4) is 0 Å². The second kappa shape index (κ2) is 5.27. The number of para-hydroxylation sites is 1. The summed E-state index contributed by atoms with van der Waals surface area (Å²) >= 11 is 0. The highest BCUT2D eigenvalue weighted by Gasteiger charge is 2.17. The molecule has 90 valence electrons. The van der Waals surface area contributed by atoms with Gasteiger partial charge in [0.05, 0.1) is 11.4 Å². The summed E-state index contributed by atoms with van der Waals surface area (Å²) < 4.78 is 0. The van der Waals surface area contributed by atoms with Gasteiger partial charge >= 0.3 is 0 Å². The zero-order valence-electron chi connectivity index (χ0n) is 10.1. The number of nitrogens with zero attached hydrogens (tertiary/aromatic N) is 2. The molecule has 0 aromatic heterocycles. The van der Waals surface area contributed by atoms with Gasteiger partial charge in [0.1, 0.15) is 0 Å². The van der Waals surface area contributed by atoms with Crippen molar-refractivity contribution in [3.63, 3.8) is 0 Å². The quantitative estimate of drug-likeness (QED) is 0.635. The minimum atomic E-state index is 0.667. The van der Waals surface area contributed by atoms with Crippen molar-refractivity contribution >= 4 is 17.1 Å². The first-order valence-corrected chi connectivity index (χ1v) is 5.70. The van der Waals surface area contributed by atoms with Crippen LogP contribution in [0.25, 0.3) is 0 Å². The van der Waals surface area contributed by atoms with Crippen molar-refractivity contribution in [1.82, 2.24) is 0 Å². The Morgan fingerprint density at radius 1 is 1.22 bits per heavy atom. The van der Waals surface area contributed by atoms with E-state index in [0.717, 1.165) is 28.2 Å². The number of rotatable bonds is 4. The second-order valence-corrected chi connectivity index (χ2v) is 3.92. The number of allylic oxidation sites excluding steroid dienone is 4. The zero-order valence-corrected chi connectivity index (χ0v) is 10.1. The number of anilines is 1. The van der Waals surface area contributed by atoms with E-state index in [1.807, 2.05) is 30.3 Å². The molecular weight excluding hydrogens is 222 g/mol. The molecule has 0 spiro atoms. The fourth-order valence-electron chi connectivity index (χ4n) is 1.83. The Balaban J connectivity index is 2.21. The average molecular weight is 237 g/mol. The maximum Gasteiger partial charge on any atom is 0.0783 e. The molecule has 0 aliphatic carbocycles. The molecule has 3 heteroatoms. The van der Waals surface area contributed by atoms with Gasteiger partial charge in [-0.25, -0.2) is 0 Å². The normalized spacial score (nSPS) is 15.0. The highest BCUT2D eigenvalue weighted by Crippen LogP contribution is 2.20. The van der Waals surface area contributed by atoms with Gasteiger partial charge in [0.25, 0.3) is 0 Å². The molecule has 18 heavy (non-hydrogen) atoms. The van der Waals surface area contributed by atoms with Crippen LogP contribution in [0.15, 0.2) is 71.4 Å². The van der Waals surface area contributed by atoms with Gasteiger partial charge in [0.2, 0.25) is 0 Å². The summed E-state index contributed by atoms with van der Waals surface area (Å²) in [5, 5.41) is 8.39. The van der Waals surface area contributed by atoms with Gasteiger partial charge in [-0.15, -0.1) is 0 Å². The Labute approximate surface area is 107 Å². The van der Waals surface area contributed by atoms with Crippen molar-refractivity contribution in [2.24, 2.45) is 10.2 Å². The van der Waals surface area contributed by atoms with Gasteiger partial charge in [-0.1, -0.05) is 49.6 Å². The molecule has 0 unspecified atom stereocenters. The van der Waals surface area contributed by atoms with E-state index in [-0.39, 0.29) is 0 Å². The molecule has 0 radical (unpaired) electrons. The average Bonchev–Trinajstić information content (AvgIpc) is 2.85. The Bertz CT molecular complexity index is 577. The van der Waals surface area contributed by atoms with Gasteiger partial charge in [0.15, 0.2) is 0 Å². The summed E-state index contributed by atoms with van der Waals surface area (Å²) in [6, 6.07) is 7.67. The monoisotopic (exact) mass is 237 g/mol. The number of hydrogen-bond donors (Lipinski definition) is 1. The van der Waals surface area contributed by atoms with Gasteiger partial charge in [0, 0.05) is 17.7 Å². The summed E-state index contributed by atoms with van der Waals surface area (Å²) in [5.74, 6) is 0. The molecule has 0 amide bonds. The van der Waals surface area contributed by atoms with Crippen molar-refractivity contribution in [2.75, 3.05) is 5.73 Å². The van der Waals surface area contributed by atoms with Crippen LogP contribution < -0.4 is 5.73 Å². The van der Waals surface area contributed by atoms with Gasteiger partial charge in [-0.3, -0.25) is 0 Å². The summed E-state index contributed by atoms with van der Waals surface area (Å²) in [6.07, 6.45) is 6.01. The van der Waals surface area contributed by atoms with E-state index in [4.69, 9.17) is 5.73 Å². The van der Waals surface area contributed by atoms with Crippen LogP contribution in [0.5, 0.6) is 0 Å². The van der Waals surface area contributed by atoms with E-state index in [9.17, 15) is 0 Å². The van der Waals surface area contributed by atoms with E-state index in [1.165, 1.54) is 0 Å². The Morgan fingerprint density at radius 2 is 2.00 bits per heavy atom. The molecule has 1 aliphatic rings. The lowest BCUT2D eigenvalue weighted by Crippen LogP contribution is -2.07. The molecule has 0 saturated carbocycles. The third-order valence-electron chi connectivity index (χ3n) is 2.75. The Hall–Kier alpha value is -2.42. The van der Waals surface area contributed by atoms with Crippen LogP contribution in [-0.4, -0.2) is 11.4 Å². The van der Waals surface area contributed by atoms with Crippen molar-refractivity contribution in [1.29, 1.82) is 0 Å². The molecular formula is C15H15N3. The number of hydrogen-bond acceptors (Lipinski definition) is 3. The first-order valence-electron chi connectivity index (χ1n) is 5.70. The number of benzene rings is 1. The maximum absolute atomic E-state index is 5.93. The molecule has 1 heterocycles. The SMILES string of the molecule is C=C/C=C(\C=C)C1=NN=C(c2ccccc2N)C1. The standard InChI is InChI=1S/C15H15N3/c1-3-7-11(4-2)14-10-15(18-17-14)12-8-5-6-9-13(12)16/h3-9H,1-2,10,16H2/b11-7+. The second-order valence-electron chi connectivity index (χ2n) is 3.92. The van der Waals surface area contributed by atoms with Crippen LogP contribution in [-0.2, 0) is 0 Å². The van der Waals surface area contributed by atoms with E-state index >= 15 is 0 Å². The van der Waals surface area contributed by atoms with E-state index in [1.54, 1.807) is 12.2 Å². The summed E-state index contributed by atoms with van der Waals surface area (Å²) in [6.45, 7) is 7.44. The highest BCUT2D eigenvalue weighted by molar-refractivity contribution is 6.22. The highest BCUT2D eigenvalue weighted by atomic mass is 15.2. The Morgan fingerprint density at radius 3 is 2.67 bits per heavy atom. The first kappa shape index (κ1) is 12.0. The minimum absolute atomic E-state index is 0.667. The summed E-state index contributed by atoms with van der Waals surface area (Å²) in [4.78, 5) is 0. The van der Waals surface area contributed by atoms with Crippen LogP contribution in [0.4, 0.5) is 5.69 Å². The molecule has 3 nitrogen and oxygen atoms in total. The van der Waals surface area contributed by atoms with Gasteiger partial charge in [-0.05, 0) is 11.6 Å². The molecule has 1 aliphatic heterocycles. The van der Waals surface area contributed by atoms with Crippen LogP contribution in [0.2, 0.25) is 0 Å². The van der Waals surface area contributed by atoms with Crippen molar-refractivity contribution < 1.29 is 0 Å². The number of nitrogens with two attached hydrogens (primary N) is 1. The molecule has 2 N–H and O–H groups in total. The van der Waals surface area contributed by atoms with Crippen LogP contribution in [0.1, 0.15) is 12.0 Å². The fourth-order valence-corrected chi connectivity index (χ4v) is 1.83. The molecule has 0 fully saturated rings. The topological polar surface area (TPSA) is 50.7 Å². The van der Waals surface area contributed by atoms with Gasteiger partial charge in [-0.2, -0.15) is 10.2 Å². The predicted molar refractivity (Wildman–Crippen MR) is 77.9 cm³/mol. The lowest BCUT2D eigenvalue weighted by Gasteiger charge is -2.04. The van der Waals surface area contributed by atoms with E-state index < -0.39 is 0 Å². The van der Waals surface area contributed by atoms with E-state index in [2.05, 4.69) is 23.4 Å². The van der Waals surface area contributed by atoms with E-state index in [0.29, 0.717) is 6.42 Å². The maximum atomic E-state index is 5.93. The fraction of sp³-hybridized carbons (Fsp3) is 0.0667. The molecule has 1 aromatic rings. The molecule has 0 atom stereocenters.